The highest BCUT2D eigenvalue weighted by Gasteiger charge is 2.22. The Morgan fingerprint density at radius 3 is 2.12 bits per heavy atom. The fraction of sp³-hybridized carbons (Fsp3) is 0.421. The highest BCUT2D eigenvalue weighted by atomic mass is 16.5. The van der Waals surface area contributed by atoms with Crippen molar-refractivity contribution in [2.24, 2.45) is 0 Å². The Bertz CT molecular complexity index is 628. The minimum absolute atomic E-state index is 0.000813. The van der Waals surface area contributed by atoms with E-state index >= 15 is 0 Å². The smallest absolute Gasteiger partial charge is 0.355 e. The molecule has 0 bridgehead atoms. The Labute approximate surface area is 148 Å². The second kappa shape index (κ2) is 9.61. The Kier molecular flexibility index (Phi) is 7.85. The van der Waals surface area contributed by atoms with E-state index in [4.69, 9.17) is 4.74 Å². The van der Waals surface area contributed by atoms with Crippen LogP contribution in [-0.2, 0) is 19.1 Å². The molecule has 0 aliphatic rings. The topological polar surface area (TPSA) is 75.7 Å². The van der Waals surface area contributed by atoms with Gasteiger partial charge in [0.15, 0.2) is 6.61 Å². The number of carbonyl (C=O) groups excluding carboxylic acids is 3. The molecule has 0 aliphatic heterocycles. The van der Waals surface area contributed by atoms with E-state index in [9.17, 15) is 14.4 Å². The lowest BCUT2D eigenvalue weighted by molar-refractivity contribution is -0.151. The van der Waals surface area contributed by atoms with Gasteiger partial charge in [-0.1, -0.05) is 30.3 Å². The number of benzene rings is 1. The van der Waals surface area contributed by atoms with Crippen molar-refractivity contribution in [3.8, 4) is 0 Å². The Hall–Kier alpha value is -2.63. The number of nitrogens with zero attached hydrogens (tertiary/aromatic N) is 1. The molecule has 0 aromatic heterocycles. The summed E-state index contributed by atoms with van der Waals surface area (Å²) in [6.45, 7) is 8.53. The summed E-state index contributed by atoms with van der Waals surface area (Å²) in [5.41, 5.74) is 0.729. The Balaban J connectivity index is 2.84. The zero-order chi connectivity index (χ0) is 19.0. The molecule has 0 saturated heterocycles. The van der Waals surface area contributed by atoms with Gasteiger partial charge in [-0.3, -0.25) is 9.59 Å². The maximum Gasteiger partial charge on any atom is 0.355 e. The molecule has 1 N–H and O–H groups in total. The van der Waals surface area contributed by atoms with Crippen LogP contribution in [0.15, 0.2) is 36.0 Å². The van der Waals surface area contributed by atoms with Gasteiger partial charge in [-0.05, 0) is 39.3 Å². The van der Waals surface area contributed by atoms with Crippen molar-refractivity contribution in [1.29, 1.82) is 0 Å². The van der Waals surface area contributed by atoms with E-state index in [1.807, 2.05) is 45.9 Å². The van der Waals surface area contributed by atoms with E-state index in [1.54, 1.807) is 17.0 Å². The molecule has 25 heavy (non-hydrogen) atoms. The molecule has 0 heterocycles. The summed E-state index contributed by atoms with van der Waals surface area (Å²) in [4.78, 5) is 37.5. The van der Waals surface area contributed by atoms with Crippen molar-refractivity contribution >= 4 is 23.9 Å². The van der Waals surface area contributed by atoms with Crippen LogP contribution in [0.3, 0.4) is 0 Å². The van der Waals surface area contributed by atoms with Crippen LogP contribution in [0.25, 0.3) is 6.08 Å². The molecule has 0 aliphatic carbocycles. The molecule has 0 fully saturated rings. The van der Waals surface area contributed by atoms with Gasteiger partial charge in [0.1, 0.15) is 5.70 Å². The van der Waals surface area contributed by atoms with E-state index in [0.29, 0.717) is 0 Å². The molecule has 2 amide bonds. The van der Waals surface area contributed by atoms with Gasteiger partial charge in [0, 0.05) is 19.0 Å². The first-order valence-electron chi connectivity index (χ1n) is 8.25. The van der Waals surface area contributed by atoms with Crippen LogP contribution >= 0.6 is 0 Å². The van der Waals surface area contributed by atoms with Crippen LogP contribution in [0.5, 0.6) is 0 Å². The van der Waals surface area contributed by atoms with Crippen molar-refractivity contribution < 1.29 is 19.1 Å². The van der Waals surface area contributed by atoms with Crippen LogP contribution in [0, 0.1) is 0 Å². The summed E-state index contributed by atoms with van der Waals surface area (Å²) < 4.78 is 5.11. The maximum absolute atomic E-state index is 12.3. The number of nitrogens with one attached hydrogen (secondary N) is 1. The maximum atomic E-state index is 12.3. The van der Waals surface area contributed by atoms with E-state index < -0.39 is 11.9 Å². The van der Waals surface area contributed by atoms with E-state index in [-0.39, 0.29) is 30.3 Å². The van der Waals surface area contributed by atoms with Crippen LogP contribution in [-0.4, -0.2) is 41.4 Å². The molecule has 1 rings (SSSR count). The van der Waals surface area contributed by atoms with Crippen molar-refractivity contribution in [3.63, 3.8) is 0 Å². The number of esters is 1. The lowest BCUT2D eigenvalue weighted by Gasteiger charge is -2.30. The van der Waals surface area contributed by atoms with Crippen LogP contribution in [0.4, 0.5) is 0 Å². The van der Waals surface area contributed by atoms with Crippen LogP contribution < -0.4 is 5.32 Å². The fourth-order valence-electron chi connectivity index (χ4n) is 2.50. The van der Waals surface area contributed by atoms with Gasteiger partial charge >= 0.3 is 5.97 Å². The lowest BCUT2D eigenvalue weighted by Crippen LogP contribution is -2.44. The lowest BCUT2D eigenvalue weighted by atomic mass is 10.2. The first-order chi connectivity index (χ1) is 11.7. The number of hydrogen-bond acceptors (Lipinski definition) is 4. The van der Waals surface area contributed by atoms with E-state index in [0.717, 1.165) is 5.56 Å². The summed E-state index contributed by atoms with van der Waals surface area (Å²) >= 11 is 0. The van der Waals surface area contributed by atoms with Gasteiger partial charge in [0.25, 0.3) is 5.91 Å². The van der Waals surface area contributed by atoms with Crippen LogP contribution in [0.1, 0.15) is 40.2 Å². The van der Waals surface area contributed by atoms with Crippen LogP contribution in [0.2, 0.25) is 0 Å². The van der Waals surface area contributed by atoms with Gasteiger partial charge in [0.2, 0.25) is 5.91 Å². The standard InChI is InChI=1S/C19H26N2O4/c1-13(2)21(14(3)4)18(23)12-25-19(24)17(20-15(5)22)11-16-9-7-6-8-10-16/h6-11,13-14H,12H2,1-5H3,(H,20,22)/b17-11-. The van der Waals surface area contributed by atoms with Crippen molar-refractivity contribution in [2.75, 3.05) is 6.61 Å². The largest absolute Gasteiger partial charge is 0.451 e. The normalized spacial score (nSPS) is 11.4. The first-order valence-corrected chi connectivity index (χ1v) is 8.25. The number of carbonyl (C=O) groups is 3. The highest BCUT2D eigenvalue weighted by molar-refractivity contribution is 5.98. The Morgan fingerprint density at radius 1 is 1.08 bits per heavy atom. The van der Waals surface area contributed by atoms with E-state index in [2.05, 4.69) is 5.32 Å². The molecule has 0 radical (unpaired) electrons. The molecule has 0 unspecified atom stereocenters. The second-order valence-corrected chi connectivity index (χ2v) is 6.21. The van der Waals surface area contributed by atoms with E-state index in [1.165, 1.54) is 13.0 Å². The van der Waals surface area contributed by atoms with Gasteiger partial charge < -0.3 is 15.0 Å². The summed E-state index contributed by atoms with van der Waals surface area (Å²) in [7, 11) is 0. The number of hydrogen-bond donors (Lipinski definition) is 1. The molecule has 1 aromatic carbocycles. The average molecular weight is 346 g/mol. The Morgan fingerprint density at radius 2 is 1.64 bits per heavy atom. The SMILES string of the molecule is CC(=O)N/C(=C\c1ccccc1)C(=O)OCC(=O)N(C(C)C)C(C)C. The quantitative estimate of drug-likeness (QED) is 0.607. The molecule has 136 valence electrons. The van der Waals surface area contributed by atoms with Crippen molar-refractivity contribution in [1.82, 2.24) is 10.2 Å². The number of ether oxygens (including phenoxy) is 1. The van der Waals surface area contributed by atoms with Gasteiger partial charge in [-0.15, -0.1) is 0 Å². The van der Waals surface area contributed by atoms with Gasteiger partial charge in [-0.2, -0.15) is 0 Å². The third kappa shape index (κ3) is 6.79. The molecule has 6 heteroatoms. The monoisotopic (exact) mass is 346 g/mol. The zero-order valence-electron chi connectivity index (χ0n) is 15.4. The molecular formula is C19H26N2O4. The molecule has 0 atom stereocenters. The van der Waals surface area contributed by atoms with Crippen molar-refractivity contribution in [2.45, 2.75) is 46.7 Å². The predicted molar refractivity (Wildman–Crippen MR) is 96.3 cm³/mol. The molecule has 0 saturated carbocycles. The number of rotatable bonds is 7. The van der Waals surface area contributed by atoms with Gasteiger partial charge in [0.05, 0.1) is 0 Å². The summed E-state index contributed by atoms with van der Waals surface area (Å²) in [6, 6.07) is 9.06. The second-order valence-electron chi connectivity index (χ2n) is 6.21. The number of amides is 2. The average Bonchev–Trinajstić information content (AvgIpc) is 2.51. The summed E-state index contributed by atoms with van der Waals surface area (Å²) in [5, 5.41) is 2.45. The molecule has 1 aromatic rings. The minimum Gasteiger partial charge on any atom is -0.451 e. The summed E-state index contributed by atoms with van der Waals surface area (Å²) in [6.07, 6.45) is 1.51. The highest BCUT2D eigenvalue weighted by Crippen LogP contribution is 2.09. The minimum atomic E-state index is -0.750. The summed E-state index contributed by atoms with van der Waals surface area (Å²) in [5.74, 6) is -1.42. The molecular weight excluding hydrogens is 320 g/mol. The van der Waals surface area contributed by atoms with Crippen molar-refractivity contribution in [3.05, 3.63) is 41.6 Å². The first kappa shape index (κ1) is 20.4. The fourth-order valence-corrected chi connectivity index (χ4v) is 2.50. The zero-order valence-corrected chi connectivity index (χ0v) is 15.4. The molecule has 0 spiro atoms. The third-order valence-electron chi connectivity index (χ3n) is 3.37. The third-order valence-corrected chi connectivity index (χ3v) is 3.37. The predicted octanol–water partition coefficient (Wildman–Crippen LogP) is 2.35. The molecule has 6 nitrogen and oxygen atoms in total. The van der Waals surface area contributed by atoms with Gasteiger partial charge in [-0.25, -0.2) is 4.79 Å².